The fourth-order valence-electron chi connectivity index (χ4n) is 2.73. The highest BCUT2D eigenvalue weighted by Crippen LogP contribution is 2.19. The molecule has 1 saturated heterocycles. The standard InChI is InChI=1S/C14H17N3O6S/c18-13(19)7-11-9-17(3-5-23-11)14(20)10-1-2-12-15-24(21,22)6-4-16(12)8-10/h1-2,8,11H,3-7,9H2,(H,18,19). The molecule has 1 fully saturated rings. The first-order chi connectivity index (χ1) is 11.3. The number of nitrogens with zero attached hydrogens (tertiary/aromatic N) is 3. The molecule has 0 aromatic rings. The van der Waals surface area contributed by atoms with E-state index in [1.807, 2.05) is 0 Å². The normalized spacial score (nSPS) is 25.6. The van der Waals surface area contributed by atoms with Crippen LogP contribution >= 0.6 is 0 Å². The molecule has 1 atom stereocenters. The fourth-order valence-corrected chi connectivity index (χ4v) is 3.70. The molecule has 1 amide bonds. The van der Waals surface area contributed by atoms with Gasteiger partial charge in [-0.05, 0) is 12.2 Å². The van der Waals surface area contributed by atoms with Gasteiger partial charge >= 0.3 is 5.97 Å². The van der Waals surface area contributed by atoms with E-state index in [2.05, 4.69) is 4.40 Å². The van der Waals surface area contributed by atoms with Crippen LogP contribution < -0.4 is 0 Å². The molecule has 1 N–H and O–H groups in total. The minimum absolute atomic E-state index is 0.0967. The number of rotatable bonds is 3. The Labute approximate surface area is 138 Å². The van der Waals surface area contributed by atoms with Gasteiger partial charge in [0.25, 0.3) is 15.9 Å². The summed E-state index contributed by atoms with van der Waals surface area (Å²) in [6, 6.07) is 0. The van der Waals surface area contributed by atoms with Crippen LogP contribution in [0.15, 0.2) is 28.3 Å². The Balaban J connectivity index is 1.71. The second-order valence-electron chi connectivity index (χ2n) is 5.69. The molecule has 10 heteroatoms. The van der Waals surface area contributed by atoms with Gasteiger partial charge in [0.05, 0.1) is 30.5 Å². The highest BCUT2D eigenvalue weighted by Gasteiger charge is 2.30. The predicted molar refractivity (Wildman–Crippen MR) is 83.7 cm³/mol. The average molecular weight is 355 g/mol. The van der Waals surface area contributed by atoms with Gasteiger partial charge in [0.1, 0.15) is 5.84 Å². The Morgan fingerprint density at radius 1 is 1.33 bits per heavy atom. The maximum atomic E-state index is 12.6. The minimum atomic E-state index is -3.43. The van der Waals surface area contributed by atoms with E-state index in [1.54, 1.807) is 16.0 Å². The molecule has 0 spiro atoms. The third-order valence-electron chi connectivity index (χ3n) is 3.90. The summed E-state index contributed by atoms with van der Waals surface area (Å²) in [6.07, 6.45) is 3.93. The van der Waals surface area contributed by atoms with Gasteiger partial charge in [0, 0.05) is 25.8 Å². The van der Waals surface area contributed by atoms with Crippen molar-refractivity contribution < 1.29 is 27.9 Å². The first-order valence-electron chi connectivity index (χ1n) is 7.46. The van der Waals surface area contributed by atoms with Gasteiger partial charge in [-0.15, -0.1) is 4.40 Å². The third kappa shape index (κ3) is 3.65. The molecular weight excluding hydrogens is 338 g/mol. The summed E-state index contributed by atoms with van der Waals surface area (Å²) in [7, 11) is -3.43. The monoisotopic (exact) mass is 355 g/mol. The van der Waals surface area contributed by atoms with Crippen molar-refractivity contribution in [3.63, 3.8) is 0 Å². The van der Waals surface area contributed by atoms with E-state index in [9.17, 15) is 18.0 Å². The largest absolute Gasteiger partial charge is 0.481 e. The van der Waals surface area contributed by atoms with Gasteiger partial charge in [-0.2, -0.15) is 0 Å². The van der Waals surface area contributed by atoms with Gasteiger partial charge < -0.3 is 19.6 Å². The lowest BCUT2D eigenvalue weighted by molar-refractivity contribution is -0.146. The summed E-state index contributed by atoms with van der Waals surface area (Å²) in [5, 5.41) is 8.84. The number of carbonyl (C=O) groups excluding carboxylic acids is 1. The van der Waals surface area contributed by atoms with E-state index in [1.165, 1.54) is 12.2 Å². The van der Waals surface area contributed by atoms with E-state index < -0.39 is 22.1 Å². The Hall–Kier alpha value is -2.20. The summed E-state index contributed by atoms with van der Waals surface area (Å²) in [6.45, 7) is 1.13. The van der Waals surface area contributed by atoms with Crippen LogP contribution in [0.4, 0.5) is 0 Å². The van der Waals surface area contributed by atoms with Gasteiger partial charge in [0.2, 0.25) is 0 Å². The van der Waals surface area contributed by atoms with E-state index in [0.717, 1.165) is 0 Å². The molecule has 24 heavy (non-hydrogen) atoms. The number of amidine groups is 1. The number of sulfonamides is 1. The Morgan fingerprint density at radius 3 is 2.88 bits per heavy atom. The van der Waals surface area contributed by atoms with Crippen molar-refractivity contribution in [1.82, 2.24) is 9.80 Å². The summed E-state index contributed by atoms with van der Waals surface area (Å²) in [5.41, 5.74) is 0.407. The van der Waals surface area contributed by atoms with Crippen molar-refractivity contribution in [3.8, 4) is 0 Å². The molecule has 0 aromatic carbocycles. The number of fused-ring (bicyclic) bond motifs is 1. The molecule has 3 aliphatic heterocycles. The molecule has 130 valence electrons. The van der Waals surface area contributed by atoms with Gasteiger partial charge in [0.15, 0.2) is 0 Å². The van der Waals surface area contributed by atoms with Crippen molar-refractivity contribution in [1.29, 1.82) is 0 Å². The van der Waals surface area contributed by atoms with E-state index in [-0.39, 0.29) is 37.8 Å². The smallest absolute Gasteiger partial charge is 0.306 e. The zero-order chi connectivity index (χ0) is 17.3. The highest BCUT2D eigenvalue weighted by molar-refractivity contribution is 7.90. The number of carboxylic acid groups (broad SMARTS) is 1. The second-order valence-corrected chi connectivity index (χ2v) is 7.44. The Morgan fingerprint density at radius 2 is 2.12 bits per heavy atom. The van der Waals surface area contributed by atoms with Crippen molar-refractivity contribution in [2.24, 2.45) is 4.40 Å². The van der Waals surface area contributed by atoms with Crippen LogP contribution in [-0.2, 0) is 24.3 Å². The molecule has 9 nitrogen and oxygen atoms in total. The molecular formula is C14H17N3O6S. The SMILES string of the molecule is O=C(O)CC1CN(C(=O)C2=CN3CCS(=O)(=O)N=C3C=C2)CCO1. The van der Waals surface area contributed by atoms with Crippen LogP contribution in [0.1, 0.15) is 6.42 Å². The first-order valence-corrected chi connectivity index (χ1v) is 9.07. The van der Waals surface area contributed by atoms with Crippen LogP contribution in [-0.4, -0.2) is 79.1 Å². The van der Waals surface area contributed by atoms with Crippen LogP contribution in [0.3, 0.4) is 0 Å². The number of hydrogen-bond acceptors (Lipinski definition) is 6. The first kappa shape index (κ1) is 16.7. The quantitative estimate of drug-likeness (QED) is 0.703. The molecule has 3 aliphatic rings. The summed E-state index contributed by atoms with van der Waals surface area (Å²) < 4.78 is 32.0. The average Bonchev–Trinajstić information content (AvgIpc) is 2.52. The lowest BCUT2D eigenvalue weighted by atomic mass is 10.1. The minimum Gasteiger partial charge on any atom is -0.481 e. The van der Waals surface area contributed by atoms with E-state index in [0.29, 0.717) is 18.0 Å². The van der Waals surface area contributed by atoms with Gasteiger partial charge in [-0.25, -0.2) is 8.42 Å². The third-order valence-corrected chi connectivity index (χ3v) is 5.06. The van der Waals surface area contributed by atoms with Gasteiger partial charge in [-0.3, -0.25) is 9.59 Å². The van der Waals surface area contributed by atoms with E-state index >= 15 is 0 Å². The summed E-state index contributed by atoms with van der Waals surface area (Å²) >= 11 is 0. The lowest BCUT2D eigenvalue weighted by Gasteiger charge is -2.34. The molecule has 1 unspecified atom stereocenters. The second kappa shape index (κ2) is 6.36. The molecule has 0 bridgehead atoms. The fraction of sp³-hybridized carbons (Fsp3) is 0.500. The lowest BCUT2D eigenvalue weighted by Crippen LogP contribution is -2.47. The molecule has 0 radical (unpaired) electrons. The highest BCUT2D eigenvalue weighted by atomic mass is 32.2. The Kier molecular flexibility index (Phi) is 4.41. The number of aliphatic carboxylic acids is 1. The van der Waals surface area contributed by atoms with Crippen molar-refractivity contribution in [2.75, 3.05) is 32.0 Å². The maximum Gasteiger partial charge on any atom is 0.306 e. The molecule has 3 rings (SSSR count). The zero-order valence-corrected chi connectivity index (χ0v) is 13.6. The molecule has 3 heterocycles. The number of carboxylic acids is 1. The predicted octanol–water partition coefficient (Wildman–Crippen LogP) is -0.814. The number of hydrogen-bond donors (Lipinski definition) is 1. The van der Waals surface area contributed by atoms with Crippen LogP contribution in [0.25, 0.3) is 0 Å². The summed E-state index contributed by atoms with van der Waals surface area (Å²) in [5.74, 6) is -1.01. The number of amides is 1. The van der Waals surface area contributed by atoms with E-state index in [4.69, 9.17) is 9.84 Å². The maximum absolute atomic E-state index is 12.6. The van der Waals surface area contributed by atoms with Crippen molar-refractivity contribution >= 4 is 27.7 Å². The van der Waals surface area contributed by atoms with Crippen LogP contribution in [0.5, 0.6) is 0 Å². The summed E-state index contributed by atoms with van der Waals surface area (Å²) in [4.78, 5) is 26.6. The van der Waals surface area contributed by atoms with Crippen LogP contribution in [0.2, 0.25) is 0 Å². The van der Waals surface area contributed by atoms with Crippen molar-refractivity contribution in [3.05, 3.63) is 23.9 Å². The molecule has 0 aromatic heterocycles. The Bertz CT molecular complexity index is 754. The van der Waals surface area contributed by atoms with Gasteiger partial charge in [-0.1, -0.05) is 0 Å². The topological polar surface area (TPSA) is 117 Å². The van der Waals surface area contributed by atoms with Crippen molar-refractivity contribution in [2.45, 2.75) is 12.5 Å². The molecule has 0 saturated carbocycles. The zero-order valence-electron chi connectivity index (χ0n) is 12.8. The number of ether oxygens (including phenoxy) is 1. The van der Waals surface area contributed by atoms with Crippen LogP contribution in [0, 0.1) is 0 Å². The number of carbonyl (C=O) groups is 2. The number of morpholine rings is 1. The molecule has 0 aliphatic carbocycles.